The molecule has 0 radical (unpaired) electrons. The number of carboxylic acids is 1. The van der Waals surface area contributed by atoms with Gasteiger partial charge in [-0.3, -0.25) is 9.59 Å². The summed E-state index contributed by atoms with van der Waals surface area (Å²) in [7, 11) is 0. The van der Waals surface area contributed by atoms with Gasteiger partial charge in [0.1, 0.15) is 17.0 Å². The van der Waals surface area contributed by atoms with Crippen molar-refractivity contribution in [2.24, 2.45) is 0 Å². The minimum absolute atomic E-state index is 0.315. The SMILES string of the molecule is Cc1ccc(C(=O)N[C@@]2(C)C(=O)N3[C@@H](C(=O)O)C(C)(C)S[C@@H]32)c(C)c1. The molecule has 0 unspecified atom stereocenters. The molecule has 2 amide bonds. The van der Waals surface area contributed by atoms with Crippen molar-refractivity contribution >= 4 is 29.5 Å². The lowest BCUT2D eigenvalue weighted by Gasteiger charge is -2.51. The Hall–Kier alpha value is -2.02. The second-order valence-electron chi connectivity index (χ2n) is 7.50. The van der Waals surface area contributed by atoms with Crippen LogP contribution in [0.5, 0.6) is 0 Å². The van der Waals surface area contributed by atoms with Crippen molar-refractivity contribution in [3.05, 3.63) is 34.9 Å². The van der Waals surface area contributed by atoms with E-state index in [0.29, 0.717) is 5.56 Å². The average Bonchev–Trinajstić information content (AvgIpc) is 2.76. The third-order valence-corrected chi connectivity index (χ3v) is 6.76. The number of hydrogen-bond acceptors (Lipinski definition) is 4. The standard InChI is InChI=1S/C18H22N2O4S/c1-9-6-7-11(10(2)8-9)13(21)19-18(5)15(24)20-12(14(22)23)17(3,4)25-16(18)20/h6-8,12,16H,1-5H3,(H,19,21)(H,22,23)/t12-,16+,18-/m0/s1. The minimum atomic E-state index is -1.10. The predicted molar refractivity (Wildman–Crippen MR) is 95.5 cm³/mol. The zero-order valence-electron chi connectivity index (χ0n) is 14.9. The van der Waals surface area contributed by atoms with Gasteiger partial charge in [-0.05, 0) is 46.2 Å². The molecule has 0 aliphatic carbocycles. The number of fused-ring (bicyclic) bond motifs is 1. The van der Waals surface area contributed by atoms with E-state index in [1.807, 2.05) is 39.8 Å². The molecule has 6 nitrogen and oxygen atoms in total. The van der Waals surface area contributed by atoms with Gasteiger partial charge in [0.25, 0.3) is 11.8 Å². The van der Waals surface area contributed by atoms with Crippen LogP contribution in [-0.4, -0.2) is 49.5 Å². The normalized spacial score (nSPS) is 29.8. The monoisotopic (exact) mass is 362 g/mol. The molecule has 2 N–H and O–H groups in total. The number of aliphatic carboxylic acids is 1. The number of carboxylic acid groups (broad SMARTS) is 1. The van der Waals surface area contributed by atoms with Crippen molar-refractivity contribution in [3.63, 3.8) is 0 Å². The summed E-state index contributed by atoms with van der Waals surface area (Å²) in [5.74, 6) is -1.68. The highest BCUT2D eigenvalue weighted by atomic mass is 32.2. The lowest BCUT2D eigenvalue weighted by atomic mass is 9.86. The summed E-state index contributed by atoms with van der Waals surface area (Å²) in [6.07, 6.45) is 0. The van der Waals surface area contributed by atoms with Gasteiger partial charge in [-0.1, -0.05) is 17.7 Å². The van der Waals surface area contributed by atoms with Gasteiger partial charge in [0.15, 0.2) is 0 Å². The molecule has 2 saturated heterocycles. The van der Waals surface area contributed by atoms with E-state index >= 15 is 0 Å². The highest BCUT2D eigenvalue weighted by molar-refractivity contribution is 8.01. The van der Waals surface area contributed by atoms with Crippen molar-refractivity contribution < 1.29 is 19.5 Å². The summed E-state index contributed by atoms with van der Waals surface area (Å²) in [6.45, 7) is 9.10. The Labute approximate surface area is 151 Å². The van der Waals surface area contributed by atoms with Crippen LogP contribution >= 0.6 is 11.8 Å². The molecule has 2 heterocycles. The third-order valence-electron chi connectivity index (χ3n) is 5.01. The average molecular weight is 362 g/mol. The highest BCUT2D eigenvalue weighted by Gasteiger charge is 2.70. The van der Waals surface area contributed by atoms with Crippen LogP contribution in [0.25, 0.3) is 0 Å². The number of nitrogens with one attached hydrogen (secondary N) is 1. The first-order valence-electron chi connectivity index (χ1n) is 8.12. The first kappa shape index (κ1) is 17.8. The largest absolute Gasteiger partial charge is 0.480 e. The van der Waals surface area contributed by atoms with Crippen LogP contribution in [0.1, 0.15) is 42.3 Å². The number of carbonyl (C=O) groups excluding carboxylic acids is 2. The van der Waals surface area contributed by atoms with E-state index in [1.165, 1.54) is 16.7 Å². The Morgan fingerprint density at radius 2 is 1.88 bits per heavy atom. The molecule has 0 saturated carbocycles. The Kier molecular flexibility index (Phi) is 3.91. The smallest absolute Gasteiger partial charge is 0.327 e. The number of aryl methyl sites for hydroxylation is 2. The second-order valence-corrected chi connectivity index (χ2v) is 9.24. The fraction of sp³-hybridized carbons (Fsp3) is 0.500. The summed E-state index contributed by atoms with van der Waals surface area (Å²) >= 11 is 1.42. The molecule has 0 bridgehead atoms. The number of carbonyl (C=O) groups is 3. The molecule has 3 atom stereocenters. The van der Waals surface area contributed by atoms with E-state index in [2.05, 4.69) is 5.32 Å². The molecule has 2 fully saturated rings. The van der Waals surface area contributed by atoms with Gasteiger partial charge in [-0.25, -0.2) is 4.79 Å². The number of amides is 2. The van der Waals surface area contributed by atoms with Crippen LogP contribution in [-0.2, 0) is 9.59 Å². The molecule has 1 aromatic carbocycles. The molecule has 7 heteroatoms. The maximum absolute atomic E-state index is 12.7. The molecule has 0 aromatic heterocycles. The number of β-lactam (4-membered cyclic amide) rings is 1. The number of nitrogens with zero attached hydrogens (tertiary/aromatic N) is 1. The van der Waals surface area contributed by atoms with Crippen LogP contribution in [0.3, 0.4) is 0 Å². The van der Waals surface area contributed by atoms with Crippen LogP contribution in [0.15, 0.2) is 18.2 Å². The van der Waals surface area contributed by atoms with E-state index in [-0.39, 0.29) is 17.2 Å². The second kappa shape index (κ2) is 5.49. The summed E-state index contributed by atoms with van der Waals surface area (Å²) in [6, 6.07) is 4.63. The number of thioether (sulfide) groups is 1. The fourth-order valence-corrected chi connectivity index (χ4v) is 5.35. The Morgan fingerprint density at radius 1 is 1.24 bits per heavy atom. The Bertz CT molecular complexity index is 791. The summed E-state index contributed by atoms with van der Waals surface area (Å²) < 4.78 is -0.617. The van der Waals surface area contributed by atoms with Crippen LogP contribution < -0.4 is 5.32 Å². The van der Waals surface area contributed by atoms with E-state index in [0.717, 1.165) is 11.1 Å². The van der Waals surface area contributed by atoms with Crippen LogP contribution in [0.2, 0.25) is 0 Å². The zero-order chi connectivity index (χ0) is 18.7. The first-order valence-corrected chi connectivity index (χ1v) is 9.00. The van der Waals surface area contributed by atoms with Gasteiger partial charge < -0.3 is 15.3 Å². The molecular formula is C18H22N2O4S. The van der Waals surface area contributed by atoms with Gasteiger partial charge in [-0.15, -0.1) is 11.8 Å². The van der Waals surface area contributed by atoms with Crippen LogP contribution in [0.4, 0.5) is 0 Å². The molecule has 2 aliphatic rings. The minimum Gasteiger partial charge on any atom is -0.480 e. The van der Waals surface area contributed by atoms with E-state index in [4.69, 9.17) is 0 Å². The third kappa shape index (κ3) is 2.52. The molecule has 3 rings (SSSR count). The summed E-state index contributed by atoms with van der Waals surface area (Å²) in [4.78, 5) is 38.4. The lowest BCUT2D eigenvalue weighted by molar-refractivity contribution is -0.165. The topological polar surface area (TPSA) is 86.7 Å². The van der Waals surface area contributed by atoms with Gasteiger partial charge in [-0.2, -0.15) is 0 Å². The van der Waals surface area contributed by atoms with E-state index in [9.17, 15) is 19.5 Å². The highest BCUT2D eigenvalue weighted by Crippen LogP contribution is 2.54. The first-order chi connectivity index (χ1) is 11.5. The predicted octanol–water partition coefficient (Wildman–Crippen LogP) is 1.94. The molecule has 2 aliphatic heterocycles. The van der Waals surface area contributed by atoms with E-state index in [1.54, 1.807) is 13.0 Å². The molecule has 134 valence electrons. The molecule has 1 aromatic rings. The summed E-state index contributed by atoms with van der Waals surface area (Å²) in [5.41, 5.74) is 1.33. The van der Waals surface area contributed by atoms with Crippen molar-refractivity contribution in [2.75, 3.05) is 0 Å². The van der Waals surface area contributed by atoms with Crippen LogP contribution in [0, 0.1) is 13.8 Å². The van der Waals surface area contributed by atoms with Gasteiger partial charge in [0.2, 0.25) is 0 Å². The van der Waals surface area contributed by atoms with E-state index < -0.39 is 22.3 Å². The molecule has 25 heavy (non-hydrogen) atoms. The fourth-order valence-electron chi connectivity index (χ4n) is 3.71. The van der Waals surface area contributed by atoms with Crippen molar-refractivity contribution in [1.82, 2.24) is 10.2 Å². The van der Waals surface area contributed by atoms with Crippen molar-refractivity contribution in [1.29, 1.82) is 0 Å². The van der Waals surface area contributed by atoms with Gasteiger partial charge in [0.05, 0.1) is 0 Å². The zero-order valence-corrected chi connectivity index (χ0v) is 15.7. The van der Waals surface area contributed by atoms with Crippen molar-refractivity contribution in [3.8, 4) is 0 Å². The molecular weight excluding hydrogens is 340 g/mol. The summed E-state index contributed by atoms with van der Waals surface area (Å²) in [5, 5.41) is 11.9. The molecule has 0 spiro atoms. The number of hydrogen-bond donors (Lipinski definition) is 2. The maximum Gasteiger partial charge on any atom is 0.327 e. The van der Waals surface area contributed by atoms with Gasteiger partial charge >= 0.3 is 5.97 Å². The Morgan fingerprint density at radius 3 is 2.44 bits per heavy atom. The number of benzene rings is 1. The maximum atomic E-state index is 12.7. The van der Waals surface area contributed by atoms with Gasteiger partial charge in [0, 0.05) is 10.3 Å². The Balaban J connectivity index is 1.86. The van der Waals surface area contributed by atoms with Crippen molar-refractivity contribution in [2.45, 2.75) is 56.3 Å². The quantitative estimate of drug-likeness (QED) is 0.803. The lowest BCUT2D eigenvalue weighted by Crippen LogP contribution is -2.78. The number of rotatable bonds is 3.